The molecule has 9 heteroatoms. The van der Waals surface area contributed by atoms with Crippen LogP contribution in [0.3, 0.4) is 0 Å². The Kier molecular flexibility index (Phi) is 8.54. The molecule has 9 nitrogen and oxygen atoms in total. The Bertz CT molecular complexity index is 567. The van der Waals surface area contributed by atoms with E-state index in [1.54, 1.807) is 0 Å². The van der Waals surface area contributed by atoms with Crippen LogP contribution in [0.5, 0.6) is 0 Å². The monoisotopic (exact) mass is 408 g/mol. The van der Waals surface area contributed by atoms with E-state index in [0.717, 1.165) is 57.9 Å². The van der Waals surface area contributed by atoms with Gasteiger partial charge in [-0.25, -0.2) is 0 Å². The van der Waals surface area contributed by atoms with E-state index >= 15 is 0 Å². The van der Waals surface area contributed by atoms with Crippen molar-refractivity contribution >= 4 is 17.8 Å². The average molecular weight is 409 g/mol. The van der Waals surface area contributed by atoms with E-state index in [1.807, 2.05) is 4.90 Å². The lowest BCUT2D eigenvalue weighted by atomic mass is 10.3. The summed E-state index contributed by atoms with van der Waals surface area (Å²) < 4.78 is 5.32. The molecule has 2 amide bonds. The lowest BCUT2D eigenvalue weighted by molar-refractivity contribution is -0.136. The molecule has 3 fully saturated rings. The van der Waals surface area contributed by atoms with Crippen molar-refractivity contribution in [1.82, 2.24) is 25.3 Å². The molecule has 2 saturated heterocycles. The fourth-order valence-corrected chi connectivity index (χ4v) is 3.60. The van der Waals surface area contributed by atoms with Gasteiger partial charge in [-0.2, -0.15) is 0 Å². The van der Waals surface area contributed by atoms with Crippen molar-refractivity contribution in [1.29, 1.82) is 0 Å². The van der Waals surface area contributed by atoms with E-state index in [4.69, 9.17) is 9.73 Å². The number of nitrogens with zero attached hydrogens (tertiary/aromatic N) is 4. The molecule has 2 heterocycles. The molecular weight excluding hydrogens is 372 g/mol. The highest BCUT2D eigenvalue weighted by Crippen LogP contribution is 2.18. The van der Waals surface area contributed by atoms with Crippen molar-refractivity contribution in [3.05, 3.63) is 0 Å². The maximum atomic E-state index is 12.4. The predicted octanol–water partition coefficient (Wildman–Crippen LogP) is -0.513. The minimum absolute atomic E-state index is 0.145. The van der Waals surface area contributed by atoms with Gasteiger partial charge < -0.3 is 25.2 Å². The number of hydrogen-bond donors (Lipinski definition) is 2. The predicted molar refractivity (Wildman–Crippen MR) is 112 cm³/mol. The molecule has 3 rings (SSSR count). The Labute approximate surface area is 173 Å². The van der Waals surface area contributed by atoms with Crippen molar-refractivity contribution in [2.24, 2.45) is 4.99 Å². The normalized spacial score (nSPS) is 21.2. The summed E-state index contributed by atoms with van der Waals surface area (Å²) >= 11 is 0. The number of piperazine rings is 1. The van der Waals surface area contributed by atoms with E-state index in [2.05, 4.69) is 27.4 Å². The Morgan fingerprint density at radius 3 is 2.41 bits per heavy atom. The Hall–Kier alpha value is -1.87. The van der Waals surface area contributed by atoms with Crippen molar-refractivity contribution in [3.63, 3.8) is 0 Å². The molecular formula is C20H36N6O3. The highest BCUT2D eigenvalue weighted by Gasteiger charge is 2.24. The van der Waals surface area contributed by atoms with Crippen LogP contribution in [0.15, 0.2) is 4.99 Å². The molecule has 0 bridgehead atoms. The van der Waals surface area contributed by atoms with Crippen molar-refractivity contribution < 1.29 is 14.3 Å². The standard InChI is InChI=1S/C20H36N6O3/c1-2-21-20(22-7-3-4-18(27)23-17-5-6-17)26-10-8-24(9-11-26)16-19(28)25-12-14-29-15-13-25/h17H,2-16H2,1H3,(H,21,22)(H,23,27). The van der Waals surface area contributed by atoms with E-state index in [1.165, 1.54) is 0 Å². The highest BCUT2D eigenvalue weighted by molar-refractivity contribution is 5.80. The summed E-state index contributed by atoms with van der Waals surface area (Å²) in [5.74, 6) is 1.26. The summed E-state index contributed by atoms with van der Waals surface area (Å²) in [5.41, 5.74) is 0. The van der Waals surface area contributed by atoms with Gasteiger partial charge in [0, 0.05) is 64.8 Å². The van der Waals surface area contributed by atoms with Gasteiger partial charge >= 0.3 is 0 Å². The highest BCUT2D eigenvalue weighted by atomic mass is 16.5. The zero-order valence-corrected chi connectivity index (χ0v) is 17.7. The van der Waals surface area contributed by atoms with Gasteiger partial charge in [0.05, 0.1) is 19.8 Å². The molecule has 0 spiro atoms. The van der Waals surface area contributed by atoms with Gasteiger partial charge in [-0.3, -0.25) is 19.5 Å². The zero-order chi connectivity index (χ0) is 20.5. The molecule has 3 aliphatic rings. The lowest BCUT2D eigenvalue weighted by Crippen LogP contribution is -2.54. The van der Waals surface area contributed by atoms with E-state index < -0.39 is 0 Å². The third-order valence-corrected chi connectivity index (χ3v) is 5.50. The number of ether oxygens (including phenoxy) is 1. The van der Waals surface area contributed by atoms with Gasteiger partial charge in [-0.05, 0) is 26.2 Å². The molecule has 0 atom stereocenters. The van der Waals surface area contributed by atoms with Crippen LogP contribution in [0.25, 0.3) is 0 Å². The van der Waals surface area contributed by atoms with Gasteiger partial charge in [0.15, 0.2) is 5.96 Å². The number of carbonyl (C=O) groups excluding carboxylic acids is 2. The van der Waals surface area contributed by atoms with Crippen LogP contribution in [0.4, 0.5) is 0 Å². The Balaban J connectivity index is 1.37. The fraction of sp³-hybridized carbons (Fsp3) is 0.850. The Morgan fingerprint density at radius 2 is 1.76 bits per heavy atom. The first kappa shape index (κ1) is 21.8. The molecule has 0 unspecified atom stereocenters. The SMILES string of the molecule is CCNC(=NCCCC(=O)NC1CC1)N1CCN(CC(=O)N2CCOCC2)CC1. The van der Waals surface area contributed by atoms with Crippen molar-refractivity contribution in [2.45, 2.75) is 38.6 Å². The largest absolute Gasteiger partial charge is 0.378 e. The second kappa shape index (κ2) is 11.3. The van der Waals surface area contributed by atoms with Gasteiger partial charge in [0.1, 0.15) is 0 Å². The van der Waals surface area contributed by atoms with Crippen LogP contribution < -0.4 is 10.6 Å². The van der Waals surface area contributed by atoms with Crippen LogP contribution in [-0.2, 0) is 14.3 Å². The lowest BCUT2D eigenvalue weighted by Gasteiger charge is -2.37. The quantitative estimate of drug-likeness (QED) is 0.319. The first-order chi connectivity index (χ1) is 14.2. The molecule has 29 heavy (non-hydrogen) atoms. The summed E-state index contributed by atoms with van der Waals surface area (Å²) in [6, 6.07) is 0.426. The molecule has 164 valence electrons. The number of amides is 2. The summed E-state index contributed by atoms with van der Waals surface area (Å²) in [7, 11) is 0. The first-order valence-corrected chi connectivity index (χ1v) is 11.1. The zero-order valence-electron chi connectivity index (χ0n) is 17.7. The Morgan fingerprint density at radius 1 is 1.03 bits per heavy atom. The maximum absolute atomic E-state index is 12.4. The van der Waals surface area contributed by atoms with Crippen LogP contribution >= 0.6 is 0 Å². The molecule has 0 aromatic heterocycles. The summed E-state index contributed by atoms with van der Waals surface area (Å²) in [6.45, 7) is 10.1. The minimum Gasteiger partial charge on any atom is -0.378 e. The van der Waals surface area contributed by atoms with E-state index in [0.29, 0.717) is 51.9 Å². The minimum atomic E-state index is 0.145. The molecule has 0 radical (unpaired) electrons. The second-order valence-electron chi connectivity index (χ2n) is 7.94. The maximum Gasteiger partial charge on any atom is 0.236 e. The number of nitrogens with one attached hydrogen (secondary N) is 2. The molecule has 1 saturated carbocycles. The van der Waals surface area contributed by atoms with Crippen molar-refractivity contribution in [3.8, 4) is 0 Å². The van der Waals surface area contributed by atoms with Crippen LogP contribution in [-0.4, -0.2) is 111 Å². The molecule has 0 aromatic rings. The van der Waals surface area contributed by atoms with Crippen LogP contribution in [0.2, 0.25) is 0 Å². The summed E-state index contributed by atoms with van der Waals surface area (Å²) in [6.07, 6.45) is 3.55. The fourth-order valence-electron chi connectivity index (χ4n) is 3.60. The summed E-state index contributed by atoms with van der Waals surface area (Å²) in [4.78, 5) is 35.3. The average Bonchev–Trinajstić information content (AvgIpc) is 3.55. The van der Waals surface area contributed by atoms with Gasteiger partial charge in [-0.1, -0.05) is 0 Å². The van der Waals surface area contributed by atoms with Gasteiger partial charge in [-0.15, -0.1) is 0 Å². The molecule has 0 aromatic carbocycles. The number of rotatable bonds is 8. The van der Waals surface area contributed by atoms with Gasteiger partial charge in [0.2, 0.25) is 11.8 Å². The second-order valence-corrected chi connectivity index (χ2v) is 7.94. The van der Waals surface area contributed by atoms with E-state index in [9.17, 15) is 9.59 Å². The number of carbonyl (C=O) groups is 2. The molecule has 2 N–H and O–H groups in total. The number of hydrogen-bond acceptors (Lipinski definition) is 5. The number of guanidine groups is 1. The third kappa shape index (κ3) is 7.47. The smallest absolute Gasteiger partial charge is 0.236 e. The number of morpholine rings is 1. The number of aliphatic imine (C=N–C) groups is 1. The van der Waals surface area contributed by atoms with Crippen molar-refractivity contribution in [2.75, 3.05) is 72.1 Å². The topological polar surface area (TPSA) is 89.5 Å². The molecule has 1 aliphatic carbocycles. The van der Waals surface area contributed by atoms with Crippen LogP contribution in [0.1, 0.15) is 32.6 Å². The summed E-state index contributed by atoms with van der Waals surface area (Å²) in [5, 5.41) is 6.38. The van der Waals surface area contributed by atoms with Gasteiger partial charge in [0.25, 0.3) is 0 Å². The molecule has 2 aliphatic heterocycles. The first-order valence-electron chi connectivity index (χ1n) is 11.1. The van der Waals surface area contributed by atoms with E-state index in [-0.39, 0.29) is 11.8 Å². The third-order valence-electron chi connectivity index (χ3n) is 5.50. The van der Waals surface area contributed by atoms with Crippen LogP contribution in [0, 0.1) is 0 Å².